The topological polar surface area (TPSA) is 98.3 Å². The highest BCUT2D eigenvalue weighted by molar-refractivity contribution is 9.10. The van der Waals surface area contributed by atoms with Crippen molar-refractivity contribution >= 4 is 27.5 Å². The molecule has 0 aliphatic rings. The van der Waals surface area contributed by atoms with Crippen LogP contribution < -0.4 is 11.1 Å². The molecule has 0 saturated carbocycles. The first-order chi connectivity index (χ1) is 8.00. The van der Waals surface area contributed by atoms with Crippen LogP contribution in [0, 0.1) is 10.1 Å². The van der Waals surface area contributed by atoms with Crippen LogP contribution in [-0.2, 0) is 11.3 Å². The zero-order chi connectivity index (χ0) is 12.8. The van der Waals surface area contributed by atoms with Crippen molar-refractivity contribution in [3.05, 3.63) is 38.3 Å². The van der Waals surface area contributed by atoms with E-state index in [1.807, 2.05) is 0 Å². The molecule has 1 rings (SSSR count). The summed E-state index contributed by atoms with van der Waals surface area (Å²) in [6.07, 6.45) is 0.249. The third-order valence-electron chi connectivity index (χ3n) is 2.08. The van der Waals surface area contributed by atoms with Gasteiger partial charge in [0.2, 0.25) is 5.91 Å². The number of nitrogens with two attached hydrogens (primary N) is 1. The molecule has 1 aromatic rings. The predicted molar refractivity (Wildman–Crippen MR) is 66.3 cm³/mol. The number of carbonyl (C=O) groups excluding carboxylic acids is 1. The van der Waals surface area contributed by atoms with E-state index in [4.69, 9.17) is 5.73 Å². The first-order valence-electron chi connectivity index (χ1n) is 4.92. The molecule has 0 atom stereocenters. The van der Waals surface area contributed by atoms with Crippen LogP contribution in [0.1, 0.15) is 12.0 Å². The molecule has 0 saturated heterocycles. The lowest BCUT2D eigenvalue weighted by atomic mass is 10.2. The summed E-state index contributed by atoms with van der Waals surface area (Å²) in [5.41, 5.74) is 5.79. The van der Waals surface area contributed by atoms with Gasteiger partial charge in [-0.25, -0.2) is 0 Å². The lowest BCUT2D eigenvalue weighted by molar-refractivity contribution is -0.385. The Labute approximate surface area is 106 Å². The molecule has 92 valence electrons. The number of amides is 1. The Hall–Kier alpha value is -1.47. The number of carbonyl (C=O) groups is 1. The highest BCUT2D eigenvalue weighted by atomic mass is 79.9. The number of rotatable bonds is 6. The maximum absolute atomic E-state index is 10.7. The third-order valence-corrected chi connectivity index (χ3v) is 2.76. The molecule has 6 nitrogen and oxygen atoms in total. The van der Waals surface area contributed by atoms with Gasteiger partial charge >= 0.3 is 0 Å². The van der Waals surface area contributed by atoms with E-state index in [2.05, 4.69) is 21.2 Å². The molecule has 3 N–H and O–H groups in total. The van der Waals surface area contributed by atoms with Crippen LogP contribution in [-0.4, -0.2) is 17.4 Å². The fourth-order valence-corrected chi connectivity index (χ4v) is 1.64. The molecular weight excluding hydrogens is 290 g/mol. The van der Waals surface area contributed by atoms with Gasteiger partial charge in [-0.2, -0.15) is 0 Å². The van der Waals surface area contributed by atoms with Gasteiger partial charge in [0.25, 0.3) is 5.69 Å². The molecule has 17 heavy (non-hydrogen) atoms. The molecule has 0 fully saturated rings. The molecule has 1 aromatic carbocycles. The van der Waals surface area contributed by atoms with Crippen molar-refractivity contribution in [3.8, 4) is 0 Å². The first kappa shape index (κ1) is 13.6. The number of nitro benzene ring substituents is 1. The molecular formula is C10H12BrN3O3. The molecule has 0 heterocycles. The van der Waals surface area contributed by atoms with E-state index in [1.54, 1.807) is 12.1 Å². The Morgan fingerprint density at radius 1 is 1.53 bits per heavy atom. The van der Waals surface area contributed by atoms with Gasteiger partial charge in [-0.05, 0) is 27.6 Å². The van der Waals surface area contributed by atoms with Crippen molar-refractivity contribution < 1.29 is 9.72 Å². The minimum absolute atomic E-state index is 0.0270. The number of hydrogen-bond acceptors (Lipinski definition) is 4. The van der Waals surface area contributed by atoms with E-state index in [0.29, 0.717) is 17.6 Å². The SMILES string of the molecule is NC(=O)CCNCc1ccc(Br)c([N+](=O)[O-])c1. The fraction of sp³-hybridized carbons (Fsp3) is 0.300. The standard InChI is InChI=1S/C10H12BrN3O3/c11-8-2-1-7(5-9(8)14(16)17)6-13-4-3-10(12)15/h1-2,5,13H,3-4,6H2,(H2,12,15). The maximum Gasteiger partial charge on any atom is 0.283 e. The number of hydrogen-bond donors (Lipinski definition) is 2. The molecule has 1 amide bonds. The Kier molecular flexibility index (Phi) is 5.05. The van der Waals surface area contributed by atoms with Gasteiger partial charge in [0, 0.05) is 25.6 Å². The number of halogens is 1. The van der Waals surface area contributed by atoms with Crippen LogP contribution in [0.2, 0.25) is 0 Å². The van der Waals surface area contributed by atoms with E-state index in [0.717, 1.165) is 5.56 Å². The molecule has 0 aliphatic heterocycles. The monoisotopic (exact) mass is 301 g/mol. The van der Waals surface area contributed by atoms with Gasteiger partial charge < -0.3 is 11.1 Å². The Morgan fingerprint density at radius 3 is 2.82 bits per heavy atom. The Balaban J connectivity index is 2.57. The van der Waals surface area contributed by atoms with Gasteiger partial charge in [0.05, 0.1) is 9.40 Å². The number of benzene rings is 1. The van der Waals surface area contributed by atoms with E-state index >= 15 is 0 Å². The largest absolute Gasteiger partial charge is 0.370 e. The van der Waals surface area contributed by atoms with Crippen molar-refractivity contribution in [3.63, 3.8) is 0 Å². The summed E-state index contributed by atoms with van der Waals surface area (Å²) in [4.78, 5) is 20.7. The van der Waals surface area contributed by atoms with Crippen LogP contribution in [0.3, 0.4) is 0 Å². The second-order valence-electron chi connectivity index (χ2n) is 3.44. The minimum atomic E-state index is -0.447. The van der Waals surface area contributed by atoms with E-state index < -0.39 is 4.92 Å². The van der Waals surface area contributed by atoms with Gasteiger partial charge in [-0.1, -0.05) is 6.07 Å². The number of primary amides is 1. The lowest BCUT2D eigenvalue weighted by Crippen LogP contribution is -2.21. The van der Waals surface area contributed by atoms with Crippen LogP contribution in [0.25, 0.3) is 0 Å². The summed E-state index contributed by atoms with van der Waals surface area (Å²) in [7, 11) is 0. The number of nitro groups is 1. The van der Waals surface area contributed by atoms with Crippen molar-refractivity contribution in [1.29, 1.82) is 0 Å². The van der Waals surface area contributed by atoms with Gasteiger partial charge in [0.1, 0.15) is 0 Å². The quantitative estimate of drug-likeness (QED) is 0.470. The molecule has 0 aromatic heterocycles. The molecule has 7 heteroatoms. The molecule has 0 unspecified atom stereocenters. The molecule has 0 spiro atoms. The lowest BCUT2D eigenvalue weighted by Gasteiger charge is -2.04. The van der Waals surface area contributed by atoms with Crippen molar-refractivity contribution in [2.75, 3.05) is 6.54 Å². The third kappa shape index (κ3) is 4.49. The summed E-state index contributed by atoms with van der Waals surface area (Å²) in [5, 5.41) is 13.7. The summed E-state index contributed by atoms with van der Waals surface area (Å²) in [5.74, 6) is -0.376. The molecule has 0 radical (unpaired) electrons. The van der Waals surface area contributed by atoms with Crippen molar-refractivity contribution in [2.24, 2.45) is 5.73 Å². The average molecular weight is 302 g/mol. The predicted octanol–water partition coefficient (Wildman–Crippen LogP) is 1.32. The second kappa shape index (κ2) is 6.31. The summed E-state index contributed by atoms with van der Waals surface area (Å²) >= 11 is 3.11. The van der Waals surface area contributed by atoms with Crippen molar-refractivity contribution in [1.82, 2.24) is 5.32 Å². The molecule has 0 bridgehead atoms. The smallest absolute Gasteiger partial charge is 0.283 e. The summed E-state index contributed by atoms with van der Waals surface area (Å²) in [6.45, 7) is 0.917. The van der Waals surface area contributed by atoms with E-state index in [1.165, 1.54) is 6.07 Å². The van der Waals surface area contributed by atoms with Gasteiger partial charge in [0.15, 0.2) is 0 Å². The van der Waals surface area contributed by atoms with Crippen LogP contribution >= 0.6 is 15.9 Å². The second-order valence-corrected chi connectivity index (χ2v) is 4.29. The fourth-order valence-electron chi connectivity index (χ4n) is 1.25. The van der Waals surface area contributed by atoms with Gasteiger partial charge in [-0.15, -0.1) is 0 Å². The first-order valence-corrected chi connectivity index (χ1v) is 5.72. The summed E-state index contributed by atoms with van der Waals surface area (Å²) in [6, 6.07) is 4.89. The highest BCUT2D eigenvalue weighted by Gasteiger charge is 2.11. The molecule has 0 aliphatic carbocycles. The van der Waals surface area contributed by atoms with E-state index in [-0.39, 0.29) is 18.0 Å². The van der Waals surface area contributed by atoms with Gasteiger partial charge in [-0.3, -0.25) is 14.9 Å². The zero-order valence-electron chi connectivity index (χ0n) is 8.98. The average Bonchev–Trinajstić information content (AvgIpc) is 2.25. The number of nitrogens with zero attached hydrogens (tertiary/aromatic N) is 1. The maximum atomic E-state index is 10.7. The zero-order valence-corrected chi connectivity index (χ0v) is 10.6. The van der Waals surface area contributed by atoms with Crippen molar-refractivity contribution in [2.45, 2.75) is 13.0 Å². The normalized spacial score (nSPS) is 10.2. The Morgan fingerprint density at radius 2 is 2.24 bits per heavy atom. The Bertz CT molecular complexity index is 437. The highest BCUT2D eigenvalue weighted by Crippen LogP contribution is 2.25. The summed E-state index contributed by atoms with van der Waals surface area (Å²) < 4.78 is 0.448. The number of nitrogens with one attached hydrogen (secondary N) is 1. The van der Waals surface area contributed by atoms with Crippen LogP contribution in [0.5, 0.6) is 0 Å². The minimum Gasteiger partial charge on any atom is -0.370 e. The van der Waals surface area contributed by atoms with Crippen LogP contribution in [0.15, 0.2) is 22.7 Å². The van der Waals surface area contributed by atoms with E-state index in [9.17, 15) is 14.9 Å². The van der Waals surface area contributed by atoms with Crippen LogP contribution in [0.4, 0.5) is 5.69 Å².